The van der Waals surface area contributed by atoms with E-state index in [1.807, 2.05) is 0 Å². The fraction of sp³-hybridized carbons (Fsp3) is 0.571. The van der Waals surface area contributed by atoms with Gasteiger partial charge in [-0.15, -0.1) is 0 Å². The van der Waals surface area contributed by atoms with E-state index in [4.69, 9.17) is 5.84 Å². The van der Waals surface area contributed by atoms with Crippen LogP contribution < -0.4 is 11.3 Å². The Hall–Kier alpha value is -0.520. The zero-order valence-electron chi connectivity index (χ0n) is 10.9. The molecule has 0 bridgehead atoms. The number of hydrogen-bond acceptors (Lipinski definition) is 2. The van der Waals surface area contributed by atoms with Gasteiger partial charge in [-0.1, -0.05) is 19.8 Å². The Morgan fingerprint density at radius 2 is 2.16 bits per heavy atom. The number of benzene rings is 1. The standard InChI is InChI=1S/C14H19BrF2N2/c1-2-8-3-4-9(7-8)14(19-18)12-11(16)6-5-10(15)13(12)17/h5-6,8-9,14,19H,2-4,7,18H2,1H3. The third-order valence-electron chi connectivity index (χ3n) is 4.20. The van der Waals surface area contributed by atoms with E-state index in [-0.39, 0.29) is 16.0 Å². The van der Waals surface area contributed by atoms with E-state index in [0.29, 0.717) is 5.92 Å². The summed E-state index contributed by atoms with van der Waals surface area (Å²) >= 11 is 3.10. The number of rotatable bonds is 4. The maximum atomic E-state index is 14.1. The molecule has 0 aromatic heterocycles. The highest BCUT2D eigenvalue weighted by molar-refractivity contribution is 9.10. The van der Waals surface area contributed by atoms with Gasteiger partial charge in [0, 0.05) is 5.56 Å². The normalized spacial score (nSPS) is 24.7. The van der Waals surface area contributed by atoms with Crippen LogP contribution in [-0.4, -0.2) is 0 Å². The van der Waals surface area contributed by atoms with Crippen LogP contribution in [0.5, 0.6) is 0 Å². The van der Waals surface area contributed by atoms with Crippen LogP contribution in [0.25, 0.3) is 0 Å². The molecule has 1 aliphatic rings. The van der Waals surface area contributed by atoms with Gasteiger partial charge in [-0.3, -0.25) is 11.3 Å². The lowest BCUT2D eigenvalue weighted by Gasteiger charge is -2.24. The molecule has 1 fully saturated rings. The van der Waals surface area contributed by atoms with E-state index in [0.717, 1.165) is 25.7 Å². The summed E-state index contributed by atoms with van der Waals surface area (Å²) in [6.07, 6.45) is 4.14. The molecule has 0 aliphatic heterocycles. The lowest BCUT2D eigenvalue weighted by Crippen LogP contribution is -2.34. The molecule has 1 aromatic carbocycles. The summed E-state index contributed by atoms with van der Waals surface area (Å²) in [5, 5.41) is 0. The van der Waals surface area contributed by atoms with E-state index in [2.05, 4.69) is 28.3 Å². The molecule has 0 heterocycles. The molecule has 0 spiro atoms. The fourth-order valence-corrected chi connectivity index (χ4v) is 3.42. The number of hydrazine groups is 1. The minimum absolute atomic E-state index is 0.0543. The summed E-state index contributed by atoms with van der Waals surface area (Å²) in [6, 6.07) is 2.19. The molecule has 3 atom stereocenters. The monoisotopic (exact) mass is 332 g/mol. The maximum absolute atomic E-state index is 14.1. The molecule has 0 saturated heterocycles. The summed E-state index contributed by atoms with van der Waals surface area (Å²) < 4.78 is 28.4. The minimum Gasteiger partial charge on any atom is -0.271 e. The van der Waals surface area contributed by atoms with Crippen LogP contribution in [0.15, 0.2) is 16.6 Å². The summed E-state index contributed by atoms with van der Waals surface area (Å²) in [5.41, 5.74) is 2.67. The number of halogens is 3. The topological polar surface area (TPSA) is 38.0 Å². The lowest BCUT2D eigenvalue weighted by atomic mass is 9.90. The van der Waals surface area contributed by atoms with Crippen molar-refractivity contribution in [1.82, 2.24) is 5.43 Å². The Morgan fingerprint density at radius 1 is 1.42 bits per heavy atom. The van der Waals surface area contributed by atoms with Gasteiger partial charge in [0.2, 0.25) is 0 Å². The summed E-state index contributed by atoms with van der Waals surface area (Å²) in [6.45, 7) is 2.15. The number of hydrogen-bond donors (Lipinski definition) is 2. The molecule has 106 valence electrons. The second kappa shape index (κ2) is 6.29. The first kappa shape index (κ1) is 14.9. The Morgan fingerprint density at radius 3 is 2.74 bits per heavy atom. The molecule has 0 radical (unpaired) electrons. The first-order valence-electron chi connectivity index (χ1n) is 6.68. The molecule has 3 unspecified atom stereocenters. The van der Waals surface area contributed by atoms with Crippen LogP contribution in [0.3, 0.4) is 0 Å². The van der Waals surface area contributed by atoms with Gasteiger partial charge in [-0.25, -0.2) is 8.78 Å². The molecule has 5 heteroatoms. The van der Waals surface area contributed by atoms with Gasteiger partial charge in [0.25, 0.3) is 0 Å². The summed E-state index contributed by atoms with van der Waals surface area (Å²) in [5.74, 6) is 5.30. The molecule has 1 aromatic rings. The predicted octanol–water partition coefficient (Wildman–Crippen LogP) is 4.06. The van der Waals surface area contributed by atoms with Crippen molar-refractivity contribution >= 4 is 15.9 Å². The van der Waals surface area contributed by atoms with Crippen molar-refractivity contribution in [2.75, 3.05) is 0 Å². The average molecular weight is 333 g/mol. The maximum Gasteiger partial charge on any atom is 0.145 e. The van der Waals surface area contributed by atoms with Crippen molar-refractivity contribution in [2.24, 2.45) is 17.7 Å². The zero-order valence-corrected chi connectivity index (χ0v) is 12.5. The first-order chi connectivity index (χ1) is 9.08. The van der Waals surface area contributed by atoms with Crippen LogP contribution in [-0.2, 0) is 0 Å². The number of nitrogens with one attached hydrogen (secondary N) is 1. The second-order valence-corrected chi connectivity index (χ2v) is 6.10. The van der Waals surface area contributed by atoms with Gasteiger partial charge in [0.05, 0.1) is 10.5 Å². The van der Waals surface area contributed by atoms with E-state index < -0.39 is 17.7 Å². The van der Waals surface area contributed by atoms with Crippen molar-refractivity contribution in [1.29, 1.82) is 0 Å². The van der Waals surface area contributed by atoms with E-state index >= 15 is 0 Å². The molecule has 2 rings (SSSR count). The zero-order chi connectivity index (χ0) is 14.0. The molecular weight excluding hydrogens is 314 g/mol. The van der Waals surface area contributed by atoms with E-state index in [1.165, 1.54) is 12.1 Å². The van der Waals surface area contributed by atoms with Crippen molar-refractivity contribution in [3.8, 4) is 0 Å². The van der Waals surface area contributed by atoms with Crippen molar-refractivity contribution < 1.29 is 8.78 Å². The summed E-state index contributed by atoms with van der Waals surface area (Å²) in [4.78, 5) is 0. The van der Waals surface area contributed by atoms with Gasteiger partial charge in [0.1, 0.15) is 11.6 Å². The first-order valence-corrected chi connectivity index (χ1v) is 7.47. The number of nitrogens with two attached hydrogens (primary N) is 1. The highest BCUT2D eigenvalue weighted by atomic mass is 79.9. The quantitative estimate of drug-likeness (QED) is 0.495. The van der Waals surface area contributed by atoms with Crippen LogP contribution in [0.2, 0.25) is 0 Å². The minimum atomic E-state index is -0.553. The van der Waals surface area contributed by atoms with Gasteiger partial charge in [-0.05, 0) is 52.7 Å². The molecule has 2 nitrogen and oxygen atoms in total. The van der Waals surface area contributed by atoms with Crippen LogP contribution in [0.4, 0.5) is 8.78 Å². The molecular formula is C14H19BrF2N2. The van der Waals surface area contributed by atoms with Gasteiger partial charge < -0.3 is 0 Å². The van der Waals surface area contributed by atoms with Crippen molar-refractivity contribution in [3.63, 3.8) is 0 Å². The van der Waals surface area contributed by atoms with Crippen LogP contribution in [0, 0.1) is 23.5 Å². The Balaban J connectivity index is 2.30. The Kier molecular flexibility index (Phi) is 4.92. The smallest absolute Gasteiger partial charge is 0.145 e. The van der Waals surface area contributed by atoms with Gasteiger partial charge in [-0.2, -0.15) is 0 Å². The molecule has 1 aliphatic carbocycles. The van der Waals surface area contributed by atoms with E-state index in [9.17, 15) is 8.78 Å². The van der Waals surface area contributed by atoms with Crippen molar-refractivity contribution in [2.45, 2.75) is 38.6 Å². The van der Waals surface area contributed by atoms with Gasteiger partial charge in [0.15, 0.2) is 0 Å². The van der Waals surface area contributed by atoms with Crippen LogP contribution in [0.1, 0.15) is 44.2 Å². The summed E-state index contributed by atoms with van der Waals surface area (Å²) in [7, 11) is 0. The third-order valence-corrected chi connectivity index (χ3v) is 4.81. The lowest BCUT2D eigenvalue weighted by molar-refractivity contribution is 0.337. The van der Waals surface area contributed by atoms with E-state index in [1.54, 1.807) is 0 Å². The Bertz CT molecular complexity index is 453. The Labute approximate surface area is 120 Å². The SMILES string of the molecule is CCC1CCC(C(NN)c2c(F)ccc(Br)c2F)C1. The van der Waals surface area contributed by atoms with Gasteiger partial charge >= 0.3 is 0 Å². The highest BCUT2D eigenvalue weighted by Crippen LogP contribution is 2.42. The van der Waals surface area contributed by atoms with Crippen LogP contribution >= 0.6 is 15.9 Å². The fourth-order valence-electron chi connectivity index (χ4n) is 3.07. The highest BCUT2D eigenvalue weighted by Gasteiger charge is 2.33. The molecule has 0 amide bonds. The third kappa shape index (κ3) is 2.98. The second-order valence-electron chi connectivity index (χ2n) is 5.25. The molecule has 19 heavy (non-hydrogen) atoms. The molecule has 1 saturated carbocycles. The van der Waals surface area contributed by atoms with Crippen molar-refractivity contribution in [3.05, 3.63) is 33.8 Å². The predicted molar refractivity (Wildman–Crippen MR) is 75.2 cm³/mol. The molecule has 3 N–H and O–H groups in total. The average Bonchev–Trinajstić information content (AvgIpc) is 2.87. The largest absolute Gasteiger partial charge is 0.271 e.